The molecule has 0 spiro atoms. The van der Waals surface area contributed by atoms with Gasteiger partial charge in [0.05, 0.1) is 29.4 Å². The zero-order valence-electron chi connectivity index (χ0n) is 12.2. The van der Waals surface area contributed by atoms with E-state index in [9.17, 15) is 9.90 Å². The molecule has 0 bridgehead atoms. The highest BCUT2D eigenvalue weighted by Crippen LogP contribution is 2.28. The van der Waals surface area contributed by atoms with Gasteiger partial charge in [0.2, 0.25) is 0 Å². The fourth-order valence-corrected chi connectivity index (χ4v) is 2.45. The molecule has 23 heavy (non-hydrogen) atoms. The first-order chi connectivity index (χ1) is 11.1. The van der Waals surface area contributed by atoms with E-state index in [1.807, 2.05) is 0 Å². The van der Waals surface area contributed by atoms with Crippen molar-refractivity contribution in [1.82, 2.24) is 4.98 Å². The Balaban J connectivity index is 1.97. The van der Waals surface area contributed by atoms with E-state index in [1.165, 1.54) is 7.11 Å². The molecule has 6 heteroatoms. The Kier molecular flexibility index (Phi) is 4.04. The highest BCUT2D eigenvalue weighted by atomic mass is 35.5. The molecule has 0 unspecified atom stereocenters. The zero-order chi connectivity index (χ0) is 16.4. The fraction of sp³-hybridized carbons (Fsp3) is 0.0588. The van der Waals surface area contributed by atoms with Crippen molar-refractivity contribution in [3.8, 4) is 5.88 Å². The molecule has 0 aliphatic rings. The number of hydrogen-bond acceptors (Lipinski definition) is 4. The molecule has 3 aromatic rings. The summed E-state index contributed by atoms with van der Waals surface area (Å²) in [6, 6.07) is 12.0. The van der Waals surface area contributed by atoms with Gasteiger partial charge in [-0.1, -0.05) is 23.7 Å². The van der Waals surface area contributed by atoms with Gasteiger partial charge in [-0.2, -0.15) is 0 Å². The highest BCUT2D eigenvalue weighted by molar-refractivity contribution is 6.31. The Morgan fingerprint density at radius 2 is 2.13 bits per heavy atom. The van der Waals surface area contributed by atoms with Crippen molar-refractivity contribution in [1.29, 1.82) is 0 Å². The maximum Gasteiger partial charge on any atom is 0.337 e. The summed E-state index contributed by atoms with van der Waals surface area (Å²) in [5.74, 6) is -0.415. The third-order valence-electron chi connectivity index (χ3n) is 3.39. The molecular weight excluding hydrogens is 316 g/mol. The molecule has 0 aliphatic heterocycles. The molecule has 2 aromatic carbocycles. The number of fused-ring (bicyclic) bond motifs is 1. The topological polar surface area (TPSA) is 74.7 Å². The molecule has 0 saturated heterocycles. The Morgan fingerprint density at radius 1 is 1.30 bits per heavy atom. The van der Waals surface area contributed by atoms with E-state index in [0.717, 1.165) is 10.9 Å². The molecule has 2 N–H and O–H groups in total. The van der Waals surface area contributed by atoms with Crippen molar-refractivity contribution in [2.75, 3.05) is 7.11 Å². The van der Waals surface area contributed by atoms with Crippen LogP contribution in [-0.2, 0) is 4.74 Å². The summed E-state index contributed by atoms with van der Waals surface area (Å²) in [6.45, 7) is 0. The van der Waals surface area contributed by atoms with Gasteiger partial charge in [-0.15, -0.1) is 0 Å². The summed E-state index contributed by atoms with van der Waals surface area (Å²) in [5.41, 5.74) is 2.27. The Bertz CT molecular complexity index is 915. The van der Waals surface area contributed by atoms with Crippen LogP contribution in [0.25, 0.3) is 10.9 Å². The van der Waals surface area contributed by atoms with Gasteiger partial charge < -0.3 is 14.8 Å². The van der Waals surface area contributed by atoms with Crippen LogP contribution in [0.3, 0.4) is 0 Å². The number of aromatic nitrogens is 1. The second-order valence-corrected chi connectivity index (χ2v) is 5.31. The van der Waals surface area contributed by atoms with Gasteiger partial charge in [-0.25, -0.2) is 4.79 Å². The van der Waals surface area contributed by atoms with Crippen LogP contribution in [0.5, 0.6) is 5.88 Å². The van der Waals surface area contributed by atoms with Gasteiger partial charge in [0.25, 0.3) is 0 Å². The largest absolute Gasteiger partial charge is 0.494 e. The number of carbonyl (C=O) groups excluding carboxylic acids is 1. The number of aromatic amines is 1. The molecule has 5 nitrogen and oxygen atoms in total. The van der Waals surface area contributed by atoms with Crippen LogP contribution in [-0.4, -0.2) is 29.4 Å². The van der Waals surface area contributed by atoms with Crippen LogP contribution >= 0.6 is 11.6 Å². The minimum Gasteiger partial charge on any atom is -0.494 e. The van der Waals surface area contributed by atoms with Crippen molar-refractivity contribution in [3.05, 3.63) is 58.6 Å². The van der Waals surface area contributed by atoms with Gasteiger partial charge in [0.1, 0.15) is 0 Å². The predicted octanol–water partition coefficient (Wildman–Crippen LogP) is 4.06. The van der Waals surface area contributed by atoms with Crippen molar-refractivity contribution in [2.24, 2.45) is 4.99 Å². The first kappa shape index (κ1) is 15.1. The quantitative estimate of drug-likeness (QED) is 0.562. The van der Waals surface area contributed by atoms with Crippen LogP contribution in [0.1, 0.15) is 15.9 Å². The van der Waals surface area contributed by atoms with E-state index in [1.54, 1.807) is 48.7 Å². The molecule has 0 saturated carbocycles. The Hall–Kier alpha value is -2.79. The number of nitrogens with zero attached hydrogens (tertiary/aromatic N) is 1. The predicted molar refractivity (Wildman–Crippen MR) is 90.0 cm³/mol. The number of hydrogen-bond donors (Lipinski definition) is 2. The van der Waals surface area contributed by atoms with Crippen LogP contribution < -0.4 is 0 Å². The number of H-pyrrole nitrogens is 1. The lowest BCUT2D eigenvalue weighted by atomic mass is 10.2. The molecule has 0 aliphatic carbocycles. The Morgan fingerprint density at radius 3 is 2.91 bits per heavy atom. The molecular formula is C17H13ClN2O3. The average molecular weight is 329 g/mol. The lowest BCUT2D eigenvalue weighted by Crippen LogP contribution is -1.99. The minimum atomic E-state index is -0.424. The molecule has 116 valence electrons. The molecule has 0 fully saturated rings. The normalized spacial score (nSPS) is 11.2. The zero-order valence-corrected chi connectivity index (χ0v) is 13.0. The minimum absolute atomic E-state index is 0.00939. The number of benzene rings is 2. The van der Waals surface area contributed by atoms with Crippen LogP contribution in [0.2, 0.25) is 5.02 Å². The summed E-state index contributed by atoms with van der Waals surface area (Å²) in [5, 5.41) is 11.4. The van der Waals surface area contributed by atoms with Gasteiger partial charge in [0.15, 0.2) is 5.88 Å². The Labute approximate surface area is 137 Å². The fourth-order valence-electron chi connectivity index (χ4n) is 2.28. The van der Waals surface area contributed by atoms with Crippen molar-refractivity contribution in [3.63, 3.8) is 0 Å². The van der Waals surface area contributed by atoms with E-state index in [-0.39, 0.29) is 5.88 Å². The molecule has 1 heterocycles. The highest BCUT2D eigenvalue weighted by Gasteiger charge is 2.09. The number of nitrogens with one attached hydrogen (secondary N) is 1. The number of rotatable bonds is 3. The number of esters is 1. The van der Waals surface area contributed by atoms with Crippen LogP contribution in [0.4, 0.5) is 5.69 Å². The lowest BCUT2D eigenvalue weighted by Gasteiger charge is -2.00. The van der Waals surface area contributed by atoms with E-state index >= 15 is 0 Å². The van der Waals surface area contributed by atoms with E-state index in [4.69, 9.17) is 11.6 Å². The first-order valence-corrected chi connectivity index (χ1v) is 7.19. The number of methoxy groups -OCH3 is 1. The van der Waals surface area contributed by atoms with Gasteiger partial charge >= 0.3 is 5.97 Å². The summed E-state index contributed by atoms with van der Waals surface area (Å²) in [4.78, 5) is 18.7. The van der Waals surface area contributed by atoms with Crippen LogP contribution in [0, 0.1) is 0 Å². The number of aliphatic imine (C=N–C) groups is 1. The van der Waals surface area contributed by atoms with Crippen LogP contribution in [0.15, 0.2) is 47.5 Å². The maximum atomic E-state index is 11.5. The monoisotopic (exact) mass is 328 g/mol. The van der Waals surface area contributed by atoms with Crippen molar-refractivity contribution < 1.29 is 14.6 Å². The average Bonchev–Trinajstić information content (AvgIpc) is 2.86. The number of halogens is 1. The van der Waals surface area contributed by atoms with Gasteiger partial charge in [0, 0.05) is 16.6 Å². The second kappa shape index (κ2) is 6.14. The second-order valence-electron chi connectivity index (χ2n) is 4.88. The van der Waals surface area contributed by atoms with Gasteiger partial charge in [-0.05, 0) is 30.3 Å². The third-order valence-corrected chi connectivity index (χ3v) is 3.63. The smallest absolute Gasteiger partial charge is 0.337 e. The molecule has 0 amide bonds. The summed E-state index contributed by atoms with van der Waals surface area (Å²) in [7, 11) is 1.33. The summed E-state index contributed by atoms with van der Waals surface area (Å²) < 4.78 is 4.68. The van der Waals surface area contributed by atoms with E-state index in [0.29, 0.717) is 21.8 Å². The summed E-state index contributed by atoms with van der Waals surface area (Å²) >= 11 is 5.93. The third kappa shape index (κ3) is 3.05. The summed E-state index contributed by atoms with van der Waals surface area (Å²) in [6.07, 6.45) is 1.54. The molecule has 0 atom stereocenters. The standard InChI is InChI=1S/C17H13ClN2O3/c1-23-17(22)10-3-2-4-12(7-10)19-9-14-13-6-5-11(18)8-15(13)20-16(14)21/h2-9,20-21H,1H3. The van der Waals surface area contributed by atoms with E-state index in [2.05, 4.69) is 14.7 Å². The van der Waals surface area contributed by atoms with Gasteiger partial charge in [-0.3, -0.25) is 4.99 Å². The number of aromatic hydroxyl groups is 1. The molecule has 1 aromatic heterocycles. The van der Waals surface area contributed by atoms with Crippen molar-refractivity contribution >= 4 is 40.4 Å². The van der Waals surface area contributed by atoms with Crippen molar-refractivity contribution in [2.45, 2.75) is 0 Å². The number of carbonyl (C=O) groups is 1. The van der Waals surface area contributed by atoms with E-state index < -0.39 is 5.97 Å². The maximum absolute atomic E-state index is 11.5. The SMILES string of the molecule is COC(=O)c1cccc(N=Cc2c(O)[nH]c3cc(Cl)ccc23)c1. The molecule has 0 radical (unpaired) electrons. The molecule has 3 rings (SSSR count). The lowest BCUT2D eigenvalue weighted by molar-refractivity contribution is 0.0601. The first-order valence-electron chi connectivity index (χ1n) is 6.81. The number of ether oxygens (including phenoxy) is 1.